The Labute approximate surface area is 83.1 Å². The van der Waals surface area contributed by atoms with E-state index in [0.29, 0.717) is 24.0 Å². The molecule has 0 saturated carbocycles. The standard InChI is InChI=1S/C11H14O3/c1-2-3-8(7-12)10-6-9(13)4-5-11(10)14/h2-3,6,9,12-13H,1,4-5,7H2/b8-3-. The van der Waals surface area contributed by atoms with Crippen LogP contribution in [0.25, 0.3) is 0 Å². The lowest BCUT2D eigenvalue weighted by atomic mass is 9.91. The van der Waals surface area contributed by atoms with Gasteiger partial charge in [0.1, 0.15) is 0 Å². The van der Waals surface area contributed by atoms with Crippen LogP contribution < -0.4 is 0 Å². The number of ketones is 1. The van der Waals surface area contributed by atoms with Crippen molar-refractivity contribution in [2.75, 3.05) is 6.61 Å². The molecule has 2 N–H and O–H groups in total. The molecule has 3 heteroatoms. The van der Waals surface area contributed by atoms with Crippen molar-refractivity contribution >= 4 is 5.78 Å². The van der Waals surface area contributed by atoms with E-state index in [1.807, 2.05) is 0 Å². The zero-order valence-corrected chi connectivity index (χ0v) is 7.94. The topological polar surface area (TPSA) is 57.5 Å². The number of hydrogen-bond donors (Lipinski definition) is 2. The molecular formula is C11H14O3. The van der Waals surface area contributed by atoms with E-state index < -0.39 is 6.10 Å². The zero-order valence-electron chi connectivity index (χ0n) is 7.94. The van der Waals surface area contributed by atoms with Crippen molar-refractivity contribution in [3.8, 4) is 0 Å². The summed E-state index contributed by atoms with van der Waals surface area (Å²) in [7, 11) is 0. The molecule has 1 unspecified atom stereocenters. The number of carbonyl (C=O) groups excluding carboxylic acids is 1. The van der Waals surface area contributed by atoms with Crippen LogP contribution in [0.1, 0.15) is 12.8 Å². The number of aliphatic hydroxyl groups excluding tert-OH is 2. The predicted octanol–water partition coefficient (Wildman–Crippen LogP) is 0.741. The average molecular weight is 194 g/mol. The Morgan fingerprint density at radius 2 is 2.43 bits per heavy atom. The maximum atomic E-state index is 11.4. The van der Waals surface area contributed by atoms with E-state index in [1.165, 1.54) is 12.2 Å². The smallest absolute Gasteiger partial charge is 0.163 e. The minimum atomic E-state index is -0.581. The summed E-state index contributed by atoms with van der Waals surface area (Å²) in [5, 5.41) is 18.4. The normalized spacial score (nSPS) is 23.3. The predicted molar refractivity (Wildman–Crippen MR) is 53.7 cm³/mol. The summed E-state index contributed by atoms with van der Waals surface area (Å²) in [5.41, 5.74) is 0.940. The number of Topliss-reactive ketones (excluding diaryl/α,β-unsaturated/α-hetero) is 1. The van der Waals surface area contributed by atoms with E-state index in [4.69, 9.17) is 5.11 Å². The summed E-state index contributed by atoms with van der Waals surface area (Å²) in [4.78, 5) is 11.4. The summed E-state index contributed by atoms with van der Waals surface area (Å²) in [6.45, 7) is 3.29. The molecule has 0 bridgehead atoms. The molecule has 14 heavy (non-hydrogen) atoms. The summed E-state index contributed by atoms with van der Waals surface area (Å²) in [5.74, 6) is -0.0301. The third-order valence-electron chi connectivity index (χ3n) is 2.16. The minimum Gasteiger partial charge on any atom is -0.392 e. The lowest BCUT2D eigenvalue weighted by Gasteiger charge is -2.17. The molecule has 0 fully saturated rings. The van der Waals surface area contributed by atoms with Gasteiger partial charge in [-0.05, 0) is 18.1 Å². The van der Waals surface area contributed by atoms with Crippen LogP contribution in [0.3, 0.4) is 0 Å². The highest BCUT2D eigenvalue weighted by Gasteiger charge is 2.20. The first-order valence-corrected chi connectivity index (χ1v) is 4.55. The van der Waals surface area contributed by atoms with Gasteiger partial charge in [0.05, 0.1) is 12.7 Å². The fourth-order valence-corrected chi connectivity index (χ4v) is 1.44. The molecular weight excluding hydrogens is 180 g/mol. The third kappa shape index (κ3) is 2.40. The van der Waals surface area contributed by atoms with Crippen molar-refractivity contribution in [1.29, 1.82) is 0 Å². The van der Waals surface area contributed by atoms with Crippen molar-refractivity contribution in [3.05, 3.63) is 36.0 Å². The molecule has 0 heterocycles. The largest absolute Gasteiger partial charge is 0.392 e. The Balaban J connectivity index is 2.98. The molecule has 0 saturated heterocycles. The molecule has 0 aromatic rings. The molecule has 1 aliphatic rings. The van der Waals surface area contributed by atoms with Gasteiger partial charge < -0.3 is 10.2 Å². The summed E-state index contributed by atoms with van der Waals surface area (Å²) in [6.07, 6.45) is 4.82. The highest BCUT2D eigenvalue weighted by atomic mass is 16.3. The maximum Gasteiger partial charge on any atom is 0.163 e. The highest BCUT2D eigenvalue weighted by Crippen LogP contribution is 2.21. The molecule has 1 atom stereocenters. The Morgan fingerprint density at radius 3 is 3.00 bits per heavy atom. The van der Waals surface area contributed by atoms with Crippen LogP contribution in [-0.4, -0.2) is 28.7 Å². The molecule has 0 spiro atoms. The van der Waals surface area contributed by atoms with Crippen molar-refractivity contribution < 1.29 is 15.0 Å². The fourth-order valence-electron chi connectivity index (χ4n) is 1.44. The lowest BCUT2D eigenvalue weighted by Crippen LogP contribution is -2.19. The van der Waals surface area contributed by atoms with Gasteiger partial charge in [-0.25, -0.2) is 0 Å². The third-order valence-corrected chi connectivity index (χ3v) is 2.16. The molecule has 0 aliphatic heterocycles. The van der Waals surface area contributed by atoms with Crippen molar-refractivity contribution in [3.63, 3.8) is 0 Å². The lowest BCUT2D eigenvalue weighted by molar-refractivity contribution is -0.116. The van der Waals surface area contributed by atoms with E-state index >= 15 is 0 Å². The van der Waals surface area contributed by atoms with E-state index in [9.17, 15) is 9.90 Å². The SMILES string of the molecule is C=C/C=C(/CO)C1=CC(O)CCC1=O. The molecule has 1 rings (SSSR count). The minimum absolute atomic E-state index is 0.0301. The zero-order chi connectivity index (χ0) is 10.6. The van der Waals surface area contributed by atoms with Crippen LogP contribution in [-0.2, 0) is 4.79 Å². The van der Waals surface area contributed by atoms with Crippen LogP contribution in [0, 0.1) is 0 Å². The monoisotopic (exact) mass is 194 g/mol. The van der Waals surface area contributed by atoms with Crippen LogP contribution in [0.15, 0.2) is 36.0 Å². The van der Waals surface area contributed by atoms with Crippen molar-refractivity contribution in [2.24, 2.45) is 0 Å². The Bertz CT molecular complexity index is 300. The molecule has 0 amide bonds. The summed E-state index contributed by atoms with van der Waals surface area (Å²) in [6, 6.07) is 0. The van der Waals surface area contributed by atoms with Crippen molar-refractivity contribution in [1.82, 2.24) is 0 Å². The Kier molecular flexibility index (Phi) is 3.80. The van der Waals surface area contributed by atoms with Gasteiger partial charge in [0, 0.05) is 12.0 Å². The van der Waals surface area contributed by atoms with Gasteiger partial charge >= 0.3 is 0 Å². The van der Waals surface area contributed by atoms with Crippen molar-refractivity contribution in [2.45, 2.75) is 18.9 Å². The van der Waals surface area contributed by atoms with E-state index in [2.05, 4.69) is 6.58 Å². The van der Waals surface area contributed by atoms with Gasteiger partial charge in [-0.15, -0.1) is 0 Å². The van der Waals surface area contributed by atoms with Crippen LogP contribution in [0.5, 0.6) is 0 Å². The fraction of sp³-hybridized carbons (Fsp3) is 0.364. The summed E-state index contributed by atoms with van der Waals surface area (Å²) < 4.78 is 0. The Morgan fingerprint density at radius 1 is 1.71 bits per heavy atom. The number of carbonyl (C=O) groups is 1. The van der Waals surface area contributed by atoms with Gasteiger partial charge in [-0.1, -0.05) is 18.7 Å². The van der Waals surface area contributed by atoms with Gasteiger partial charge in [0.25, 0.3) is 0 Å². The molecule has 1 aliphatic carbocycles. The molecule has 0 radical (unpaired) electrons. The summed E-state index contributed by atoms with van der Waals surface area (Å²) >= 11 is 0. The highest BCUT2D eigenvalue weighted by molar-refractivity contribution is 6.00. The second kappa shape index (κ2) is 4.88. The first-order valence-electron chi connectivity index (χ1n) is 4.55. The Hall–Kier alpha value is -1.19. The van der Waals surface area contributed by atoms with Gasteiger partial charge in [-0.2, -0.15) is 0 Å². The van der Waals surface area contributed by atoms with Gasteiger partial charge in [0.2, 0.25) is 0 Å². The number of aliphatic hydroxyl groups is 2. The van der Waals surface area contributed by atoms with Crippen LogP contribution in [0.2, 0.25) is 0 Å². The molecule has 76 valence electrons. The van der Waals surface area contributed by atoms with Crippen LogP contribution >= 0.6 is 0 Å². The first kappa shape index (κ1) is 10.9. The second-order valence-electron chi connectivity index (χ2n) is 3.20. The average Bonchev–Trinajstić information content (AvgIpc) is 2.18. The molecule has 0 aromatic heterocycles. The number of rotatable bonds is 3. The quantitative estimate of drug-likeness (QED) is 0.651. The molecule has 3 nitrogen and oxygen atoms in total. The van der Waals surface area contributed by atoms with E-state index in [0.717, 1.165) is 0 Å². The van der Waals surface area contributed by atoms with Gasteiger partial charge in [-0.3, -0.25) is 4.79 Å². The second-order valence-corrected chi connectivity index (χ2v) is 3.20. The van der Waals surface area contributed by atoms with E-state index in [1.54, 1.807) is 6.08 Å². The number of hydrogen-bond acceptors (Lipinski definition) is 3. The van der Waals surface area contributed by atoms with E-state index in [-0.39, 0.29) is 12.4 Å². The maximum absolute atomic E-state index is 11.4. The number of allylic oxidation sites excluding steroid dienone is 2. The first-order chi connectivity index (χ1) is 6.69. The van der Waals surface area contributed by atoms with Crippen LogP contribution in [0.4, 0.5) is 0 Å². The molecule has 0 aromatic carbocycles. The van der Waals surface area contributed by atoms with Gasteiger partial charge in [0.15, 0.2) is 5.78 Å².